The molecule has 66 valence electrons. The van der Waals surface area contributed by atoms with E-state index in [0.29, 0.717) is 18.6 Å². The van der Waals surface area contributed by atoms with Crippen molar-refractivity contribution in [3.05, 3.63) is 12.2 Å². The van der Waals surface area contributed by atoms with Gasteiger partial charge in [0.25, 0.3) is 0 Å². The van der Waals surface area contributed by atoms with E-state index in [4.69, 9.17) is 4.74 Å². The number of hydrogen-bond acceptors (Lipinski definition) is 2. The monoisotopic (exact) mass is 166 g/mol. The zero-order valence-corrected chi connectivity index (χ0v) is 7.07. The molecule has 4 atom stereocenters. The fraction of sp³-hybridized carbons (Fsp3) is 0.800. The van der Waals surface area contributed by atoms with Crippen molar-refractivity contribution >= 4 is 0 Å². The van der Waals surface area contributed by atoms with Gasteiger partial charge in [0.15, 0.2) is 0 Å². The number of aliphatic hydroxyl groups excluding tert-OH is 1. The number of ether oxygens (including phenoxy) is 1. The number of hydrogen-bond donors (Lipinski definition) is 1. The van der Waals surface area contributed by atoms with Crippen LogP contribution in [0.3, 0.4) is 0 Å². The van der Waals surface area contributed by atoms with E-state index in [1.54, 1.807) is 0 Å². The Balaban J connectivity index is 2.03. The number of rotatable bonds is 1. The normalized spacial score (nSPS) is 54.9. The molecule has 2 fully saturated rings. The topological polar surface area (TPSA) is 29.5 Å². The van der Waals surface area contributed by atoms with Crippen LogP contribution in [0.1, 0.15) is 19.3 Å². The second kappa shape index (κ2) is 2.12. The van der Waals surface area contributed by atoms with Gasteiger partial charge >= 0.3 is 0 Å². The van der Waals surface area contributed by atoms with E-state index >= 15 is 0 Å². The molecule has 3 aliphatic rings. The van der Waals surface area contributed by atoms with Crippen molar-refractivity contribution in [3.8, 4) is 0 Å². The van der Waals surface area contributed by atoms with E-state index in [2.05, 4.69) is 12.2 Å². The fourth-order valence-corrected chi connectivity index (χ4v) is 3.28. The lowest BCUT2D eigenvalue weighted by atomic mass is 9.71. The summed E-state index contributed by atoms with van der Waals surface area (Å²) in [5.41, 5.74) is 0.111. The molecule has 2 nitrogen and oxygen atoms in total. The summed E-state index contributed by atoms with van der Waals surface area (Å²) in [6.45, 7) is 0.309. The van der Waals surface area contributed by atoms with Gasteiger partial charge in [0.1, 0.15) is 0 Å². The molecule has 1 aliphatic carbocycles. The summed E-state index contributed by atoms with van der Waals surface area (Å²) in [5.74, 6) is 0.609. The second-order valence-corrected chi connectivity index (χ2v) is 4.30. The predicted octanol–water partition coefficient (Wildman–Crippen LogP) is 1.10. The Kier molecular flexibility index (Phi) is 1.25. The van der Waals surface area contributed by atoms with Gasteiger partial charge in [0, 0.05) is 5.41 Å². The van der Waals surface area contributed by atoms with Crippen LogP contribution < -0.4 is 0 Å². The molecule has 0 spiro atoms. The van der Waals surface area contributed by atoms with Crippen LogP contribution in [0.25, 0.3) is 0 Å². The van der Waals surface area contributed by atoms with Gasteiger partial charge in [0.2, 0.25) is 0 Å². The average molecular weight is 166 g/mol. The molecule has 0 amide bonds. The van der Waals surface area contributed by atoms with Crippen molar-refractivity contribution in [3.63, 3.8) is 0 Å². The molecule has 3 rings (SSSR count). The van der Waals surface area contributed by atoms with Crippen molar-refractivity contribution in [1.82, 2.24) is 0 Å². The quantitative estimate of drug-likeness (QED) is 0.591. The molecule has 1 saturated heterocycles. The highest BCUT2D eigenvalue weighted by atomic mass is 16.5. The molecule has 1 saturated carbocycles. The standard InChI is InChI=1S/C10H14O2/c11-6-10-5-1-2-7(10)8-3-4-9(10)12-8/h3-4,7-9,11H,1-2,5-6H2. The fourth-order valence-electron chi connectivity index (χ4n) is 3.28. The summed E-state index contributed by atoms with van der Waals surface area (Å²) in [4.78, 5) is 0. The first-order chi connectivity index (χ1) is 5.87. The lowest BCUT2D eigenvalue weighted by Crippen LogP contribution is -2.37. The molecule has 12 heavy (non-hydrogen) atoms. The Morgan fingerprint density at radius 2 is 2.42 bits per heavy atom. The molecule has 2 heteroatoms. The van der Waals surface area contributed by atoms with E-state index in [-0.39, 0.29) is 11.5 Å². The Hall–Kier alpha value is -0.340. The van der Waals surface area contributed by atoms with Crippen LogP contribution in [0.15, 0.2) is 12.2 Å². The maximum atomic E-state index is 9.44. The molecular weight excluding hydrogens is 152 g/mol. The van der Waals surface area contributed by atoms with Gasteiger partial charge in [-0.1, -0.05) is 18.6 Å². The smallest absolute Gasteiger partial charge is 0.0846 e. The van der Waals surface area contributed by atoms with E-state index in [9.17, 15) is 5.11 Å². The Morgan fingerprint density at radius 1 is 1.50 bits per heavy atom. The van der Waals surface area contributed by atoms with Crippen LogP contribution >= 0.6 is 0 Å². The number of aliphatic hydroxyl groups is 1. The maximum Gasteiger partial charge on any atom is 0.0846 e. The zero-order chi connectivity index (χ0) is 8.18. The van der Waals surface area contributed by atoms with Gasteiger partial charge in [0.05, 0.1) is 18.8 Å². The maximum absolute atomic E-state index is 9.44. The molecule has 2 aliphatic heterocycles. The third kappa shape index (κ3) is 0.603. The minimum atomic E-state index is 0.111. The highest BCUT2D eigenvalue weighted by molar-refractivity contribution is 5.21. The third-order valence-corrected chi connectivity index (χ3v) is 3.93. The molecule has 0 radical (unpaired) electrons. The van der Waals surface area contributed by atoms with Gasteiger partial charge < -0.3 is 9.84 Å². The van der Waals surface area contributed by atoms with E-state index < -0.39 is 0 Å². The summed E-state index contributed by atoms with van der Waals surface area (Å²) in [6.07, 6.45) is 8.52. The van der Waals surface area contributed by atoms with E-state index in [0.717, 1.165) is 6.42 Å². The van der Waals surface area contributed by atoms with E-state index in [1.165, 1.54) is 12.8 Å². The zero-order valence-electron chi connectivity index (χ0n) is 7.07. The molecule has 4 unspecified atom stereocenters. The van der Waals surface area contributed by atoms with E-state index in [1.807, 2.05) is 0 Å². The van der Waals surface area contributed by atoms with Crippen LogP contribution in [-0.2, 0) is 4.74 Å². The second-order valence-electron chi connectivity index (χ2n) is 4.30. The van der Waals surface area contributed by atoms with Crippen molar-refractivity contribution in [2.45, 2.75) is 31.5 Å². The van der Waals surface area contributed by atoms with Crippen LogP contribution in [0.4, 0.5) is 0 Å². The molecule has 0 aromatic carbocycles. The highest BCUT2D eigenvalue weighted by Gasteiger charge is 2.58. The van der Waals surface area contributed by atoms with Crippen LogP contribution in [-0.4, -0.2) is 23.9 Å². The first kappa shape index (κ1) is 7.10. The Morgan fingerprint density at radius 3 is 3.17 bits per heavy atom. The molecular formula is C10H14O2. The van der Waals surface area contributed by atoms with Crippen LogP contribution in [0.2, 0.25) is 0 Å². The SMILES string of the molecule is OCC12CCCC1C1C=CC2O1. The molecule has 1 N–H and O–H groups in total. The summed E-state index contributed by atoms with van der Waals surface area (Å²) in [6, 6.07) is 0. The summed E-state index contributed by atoms with van der Waals surface area (Å²) >= 11 is 0. The minimum absolute atomic E-state index is 0.111. The largest absolute Gasteiger partial charge is 0.396 e. The molecule has 0 aromatic rings. The molecule has 0 aromatic heterocycles. The van der Waals surface area contributed by atoms with Crippen LogP contribution in [0.5, 0.6) is 0 Å². The lowest BCUT2D eigenvalue weighted by Gasteiger charge is -2.31. The Labute approximate surface area is 72.2 Å². The van der Waals surface area contributed by atoms with Crippen molar-refractivity contribution in [2.24, 2.45) is 11.3 Å². The first-order valence-corrected chi connectivity index (χ1v) is 4.81. The van der Waals surface area contributed by atoms with Crippen molar-refractivity contribution in [1.29, 1.82) is 0 Å². The predicted molar refractivity (Wildman–Crippen MR) is 44.7 cm³/mol. The average Bonchev–Trinajstić information content (AvgIpc) is 2.76. The minimum Gasteiger partial charge on any atom is -0.396 e. The third-order valence-electron chi connectivity index (χ3n) is 3.93. The lowest BCUT2D eigenvalue weighted by molar-refractivity contribution is 0.0412. The molecule has 2 heterocycles. The first-order valence-electron chi connectivity index (χ1n) is 4.81. The Bertz CT molecular complexity index is 236. The van der Waals surface area contributed by atoms with Gasteiger partial charge in [-0.15, -0.1) is 0 Å². The highest BCUT2D eigenvalue weighted by Crippen LogP contribution is 2.57. The number of fused-ring (bicyclic) bond motifs is 5. The summed E-state index contributed by atoms with van der Waals surface area (Å²) in [7, 11) is 0. The van der Waals surface area contributed by atoms with Gasteiger partial charge in [-0.05, 0) is 18.8 Å². The summed E-state index contributed by atoms with van der Waals surface area (Å²) in [5, 5.41) is 9.44. The van der Waals surface area contributed by atoms with Crippen molar-refractivity contribution in [2.75, 3.05) is 6.61 Å². The van der Waals surface area contributed by atoms with Gasteiger partial charge in [-0.3, -0.25) is 0 Å². The summed E-state index contributed by atoms with van der Waals surface area (Å²) < 4.78 is 5.76. The van der Waals surface area contributed by atoms with Crippen molar-refractivity contribution < 1.29 is 9.84 Å². The van der Waals surface area contributed by atoms with Gasteiger partial charge in [-0.25, -0.2) is 0 Å². The van der Waals surface area contributed by atoms with Gasteiger partial charge in [-0.2, -0.15) is 0 Å². The molecule has 2 bridgehead atoms. The van der Waals surface area contributed by atoms with Crippen LogP contribution in [0, 0.1) is 11.3 Å².